The smallest absolute Gasteiger partial charge is 0.131 e. The van der Waals surface area contributed by atoms with Gasteiger partial charge >= 0.3 is 0 Å². The molecule has 1 aliphatic carbocycles. The maximum atomic E-state index is 5.81. The van der Waals surface area contributed by atoms with E-state index in [2.05, 4.69) is 17.2 Å². The molecule has 0 radical (unpaired) electrons. The number of hydrogen-bond acceptors (Lipinski definition) is 2. The number of nitrogens with one attached hydrogen (secondary N) is 1. The fraction of sp³-hybridized carbons (Fsp3) is 0.583. The number of rotatable bonds is 3. The zero-order valence-corrected chi connectivity index (χ0v) is 9.80. The molecule has 1 fully saturated rings. The van der Waals surface area contributed by atoms with Gasteiger partial charge in [-0.15, -0.1) is 0 Å². The van der Waals surface area contributed by atoms with Gasteiger partial charge in [-0.25, -0.2) is 4.98 Å². The van der Waals surface area contributed by atoms with E-state index in [9.17, 15) is 0 Å². The lowest BCUT2D eigenvalue weighted by Crippen LogP contribution is -2.11. The van der Waals surface area contributed by atoms with Crippen molar-refractivity contribution in [2.75, 3.05) is 11.9 Å². The summed E-state index contributed by atoms with van der Waals surface area (Å²) < 4.78 is 0. The van der Waals surface area contributed by atoms with E-state index in [0.717, 1.165) is 24.1 Å². The molecule has 0 bridgehead atoms. The van der Waals surface area contributed by atoms with Crippen LogP contribution >= 0.6 is 11.6 Å². The van der Waals surface area contributed by atoms with Crippen LogP contribution in [0.3, 0.4) is 0 Å². The molecule has 1 aromatic heterocycles. The monoisotopic (exact) mass is 224 g/mol. The van der Waals surface area contributed by atoms with Gasteiger partial charge in [-0.05, 0) is 36.8 Å². The molecule has 1 N–H and O–H groups in total. The van der Waals surface area contributed by atoms with Crippen molar-refractivity contribution in [2.45, 2.75) is 26.2 Å². The van der Waals surface area contributed by atoms with E-state index < -0.39 is 0 Å². The van der Waals surface area contributed by atoms with Crippen molar-refractivity contribution in [1.29, 1.82) is 0 Å². The third-order valence-electron chi connectivity index (χ3n) is 3.12. The number of aromatic nitrogens is 1. The molecule has 1 aromatic rings. The quantitative estimate of drug-likeness (QED) is 0.794. The fourth-order valence-corrected chi connectivity index (χ4v) is 2.46. The van der Waals surface area contributed by atoms with Crippen molar-refractivity contribution < 1.29 is 0 Å². The molecule has 2 rings (SSSR count). The minimum Gasteiger partial charge on any atom is -0.385 e. The molecule has 82 valence electrons. The van der Waals surface area contributed by atoms with Gasteiger partial charge in [0.2, 0.25) is 0 Å². The van der Waals surface area contributed by atoms with Crippen LogP contribution in [0.25, 0.3) is 0 Å². The Morgan fingerprint density at radius 1 is 1.53 bits per heavy atom. The van der Waals surface area contributed by atoms with Crippen LogP contribution in [0.5, 0.6) is 0 Å². The van der Waals surface area contributed by atoms with Gasteiger partial charge in [0.25, 0.3) is 0 Å². The lowest BCUT2D eigenvalue weighted by Gasteiger charge is -2.12. The average molecular weight is 225 g/mol. The summed E-state index contributed by atoms with van der Waals surface area (Å²) in [5, 5.41) is 3.98. The molecule has 1 aliphatic rings. The number of halogens is 1. The molecule has 0 aromatic carbocycles. The molecule has 0 saturated heterocycles. The number of pyridine rings is 1. The van der Waals surface area contributed by atoms with Gasteiger partial charge in [-0.2, -0.15) is 0 Å². The molecule has 0 spiro atoms. The molecule has 1 heterocycles. The first-order valence-corrected chi connectivity index (χ1v) is 5.97. The molecular formula is C12H17ClN2. The first-order chi connectivity index (χ1) is 7.24. The van der Waals surface area contributed by atoms with E-state index in [0.29, 0.717) is 5.15 Å². The van der Waals surface area contributed by atoms with Gasteiger partial charge in [-0.1, -0.05) is 24.9 Å². The van der Waals surface area contributed by atoms with Crippen LogP contribution in [0.15, 0.2) is 18.3 Å². The summed E-state index contributed by atoms with van der Waals surface area (Å²) in [7, 11) is 0. The maximum Gasteiger partial charge on any atom is 0.131 e. The lowest BCUT2D eigenvalue weighted by atomic mass is 10.1. The molecule has 2 nitrogen and oxygen atoms in total. The standard InChI is InChI=1S/C12H17ClN2/c1-9-2-3-10(6-9)8-15-11-4-5-14-12(13)7-11/h4-5,7,9-10H,2-3,6,8H2,1H3,(H,14,15). The number of nitrogens with zero attached hydrogens (tertiary/aromatic N) is 1. The van der Waals surface area contributed by atoms with E-state index >= 15 is 0 Å². The second-order valence-corrected chi connectivity index (χ2v) is 4.92. The summed E-state index contributed by atoms with van der Waals surface area (Å²) in [5.41, 5.74) is 1.08. The topological polar surface area (TPSA) is 24.9 Å². The average Bonchev–Trinajstić information content (AvgIpc) is 2.62. The second kappa shape index (κ2) is 4.84. The summed E-state index contributed by atoms with van der Waals surface area (Å²) >= 11 is 5.81. The summed E-state index contributed by atoms with van der Waals surface area (Å²) in [6, 6.07) is 3.84. The van der Waals surface area contributed by atoms with Gasteiger partial charge in [0.1, 0.15) is 5.15 Å². The van der Waals surface area contributed by atoms with E-state index in [1.165, 1.54) is 19.3 Å². The summed E-state index contributed by atoms with van der Waals surface area (Å²) in [6.07, 6.45) is 5.82. The summed E-state index contributed by atoms with van der Waals surface area (Å²) in [4.78, 5) is 3.96. The van der Waals surface area contributed by atoms with Crippen LogP contribution in [-0.2, 0) is 0 Å². The molecule has 15 heavy (non-hydrogen) atoms. The van der Waals surface area contributed by atoms with Gasteiger partial charge in [0.15, 0.2) is 0 Å². The molecular weight excluding hydrogens is 208 g/mol. The molecule has 2 atom stereocenters. The molecule has 0 aliphatic heterocycles. The van der Waals surface area contributed by atoms with Crippen LogP contribution in [0, 0.1) is 11.8 Å². The fourth-order valence-electron chi connectivity index (χ4n) is 2.28. The van der Waals surface area contributed by atoms with Crippen molar-refractivity contribution in [1.82, 2.24) is 4.98 Å². The van der Waals surface area contributed by atoms with Gasteiger partial charge in [-0.3, -0.25) is 0 Å². The lowest BCUT2D eigenvalue weighted by molar-refractivity contribution is 0.537. The van der Waals surface area contributed by atoms with Crippen molar-refractivity contribution in [3.63, 3.8) is 0 Å². The maximum absolute atomic E-state index is 5.81. The summed E-state index contributed by atoms with van der Waals surface area (Å²) in [5.74, 6) is 1.73. The van der Waals surface area contributed by atoms with Gasteiger partial charge < -0.3 is 5.32 Å². The van der Waals surface area contributed by atoms with Crippen LogP contribution in [0.2, 0.25) is 5.15 Å². The highest BCUT2D eigenvalue weighted by atomic mass is 35.5. The van der Waals surface area contributed by atoms with Gasteiger partial charge in [0.05, 0.1) is 0 Å². The predicted octanol–water partition coefficient (Wildman–Crippen LogP) is 3.58. The Labute approximate surface area is 96.1 Å². The Morgan fingerprint density at radius 2 is 2.40 bits per heavy atom. The minimum atomic E-state index is 0.555. The number of hydrogen-bond donors (Lipinski definition) is 1. The first kappa shape index (κ1) is 10.7. The second-order valence-electron chi connectivity index (χ2n) is 4.53. The number of anilines is 1. The van der Waals surface area contributed by atoms with Crippen LogP contribution in [0.4, 0.5) is 5.69 Å². The Bertz CT molecular complexity index is 327. The van der Waals surface area contributed by atoms with Crippen molar-refractivity contribution in [2.24, 2.45) is 11.8 Å². The highest BCUT2D eigenvalue weighted by molar-refractivity contribution is 6.29. The molecule has 1 saturated carbocycles. The van der Waals surface area contributed by atoms with E-state index in [4.69, 9.17) is 11.6 Å². The highest BCUT2D eigenvalue weighted by Gasteiger charge is 2.20. The van der Waals surface area contributed by atoms with Gasteiger partial charge in [0, 0.05) is 18.4 Å². The van der Waals surface area contributed by atoms with Crippen molar-refractivity contribution in [3.05, 3.63) is 23.5 Å². The first-order valence-electron chi connectivity index (χ1n) is 5.59. The minimum absolute atomic E-state index is 0.555. The Balaban J connectivity index is 1.83. The van der Waals surface area contributed by atoms with Crippen molar-refractivity contribution in [3.8, 4) is 0 Å². The Morgan fingerprint density at radius 3 is 3.07 bits per heavy atom. The SMILES string of the molecule is CC1CCC(CNc2ccnc(Cl)c2)C1. The largest absolute Gasteiger partial charge is 0.385 e. The van der Waals surface area contributed by atoms with E-state index in [-0.39, 0.29) is 0 Å². The third-order valence-corrected chi connectivity index (χ3v) is 3.33. The molecule has 2 unspecified atom stereocenters. The Hall–Kier alpha value is -0.760. The molecule has 0 amide bonds. The van der Waals surface area contributed by atoms with E-state index in [1.54, 1.807) is 6.20 Å². The van der Waals surface area contributed by atoms with Crippen molar-refractivity contribution >= 4 is 17.3 Å². The zero-order valence-electron chi connectivity index (χ0n) is 9.04. The van der Waals surface area contributed by atoms with E-state index in [1.807, 2.05) is 12.1 Å². The Kier molecular flexibility index (Phi) is 3.47. The highest BCUT2D eigenvalue weighted by Crippen LogP contribution is 2.30. The van der Waals surface area contributed by atoms with Crippen LogP contribution in [-0.4, -0.2) is 11.5 Å². The summed E-state index contributed by atoms with van der Waals surface area (Å²) in [6.45, 7) is 3.40. The molecule has 3 heteroatoms. The zero-order chi connectivity index (χ0) is 10.7. The normalized spacial score (nSPS) is 25.5. The predicted molar refractivity (Wildman–Crippen MR) is 64.2 cm³/mol. The third kappa shape index (κ3) is 3.10. The van der Waals surface area contributed by atoms with Crippen LogP contribution in [0.1, 0.15) is 26.2 Å². The van der Waals surface area contributed by atoms with Crippen LogP contribution < -0.4 is 5.32 Å².